The summed E-state index contributed by atoms with van der Waals surface area (Å²) in [6.07, 6.45) is 8.19. The maximum absolute atomic E-state index is 12.7. The molecule has 7 nitrogen and oxygen atoms in total. The molecule has 0 aliphatic carbocycles. The minimum Gasteiger partial charge on any atom is -0.372 e. The van der Waals surface area contributed by atoms with E-state index in [1.165, 1.54) is 0 Å². The fraction of sp³-hybridized carbons (Fsp3) is 0.579. The zero-order chi connectivity index (χ0) is 18.5. The van der Waals surface area contributed by atoms with Crippen LogP contribution in [0.2, 0.25) is 0 Å². The summed E-state index contributed by atoms with van der Waals surface area (Å²) in [5, 5.41) is 10.1. The Morgan fingerprint density at radius 1 is 1.27 bits per heavy atom. The summed E-state index contributed by atoms with van der Waals surface area (Å²) in [5.41, 5.74) is 3.98. The van der Waals surface area contributed by atoms with Crippen molar-refractivity contribution >= 4 is 11.7 Å². The Kier molecular flexibility index (Phi) is 5.85. The van der Waals surface area contributed by atoms with Gasteiger partial charge in [-0.25, -0.2) is 4.98 Å². The van der Waals surface area contributed by atoms with Crippen LogP contribution in [-0.2, 0) is 17.6 Å². The number of aromatic nitrogens is 4. The Hall–Kier alpha value is -2.44. The minimum atomic E-state index is 0.205. The smallest absolute Gasteiger partial charge is 0.227 e. The van der Waals surface area contributed by atoms with Crippen LogP contribution in [0.4, 0.5) is 5.82 Å². The number of rotatable bonds is 5. The average Bonchev–Trinajstić information content (AvgIpc) is 2.85. The van der Waals surface area contributed by atoms with Crippen molar-refractivity contribution in [1.82, 2.24) is 25.1 Å². The van der Waals surface area contributed by atoms with Crippen molar-refractivity contribution < 1.29 is 4.79 Å². The number of nitrogens with zero attached hydrogens (tertiary/aromatic N) is 4. The fourth-order valence-electron chi connectivity index (χ4n) is 3.60. The van der Waals surface area contributed by atoms with Crippen LogP contribution in [0.1, 0.15) is 41.9 Å². The van der Waals surface area contributed by atoms with Crippen molar-refractivity contribution in [2.24, 2.45) is 5.92 Å². The third-order valence-electron chi connectivity index (χ3n) is 5.27. The van der Waals surface area contributed by atoms with E-state index < -0.39 is 0 Å². The molecule has 0 bridgehead atoms. The fourth-order valence-corrected chi connectivity index (χ4v) is 3.60. The number of aromatic amines is 1. The van der Waals surface area contributed by atoms with Gasteiger partial charge in [0.15, 0.2) is 0 Å². The number of amides is 1. The topological polar surface area (TPSA) is 86.8 Å². The largest absolute Gasteiger partial charge is 0.372 e. The number of anilines is 1. The molecule has 0 saturated carbocycles. The van der Waals surface area contributed by atoms with E-state index in [2.05, 4.69) is 25.5 Å². The van der Waals surface area contributed by atoms with Gasteiger partial charge >= 0.3 is 0 Å². The number of aryl methyl sites for hydroxylation is 2. The molecule has 26 heavy (non-hydrogen) atoms. The van der Waals surface area contributed by atoms with E-state index in [1.54, 1.807) is 6.20 Å². The van der Waals surface area contributed by atoms with Crippen LogP contribution < -0.4 is 5.32 Å². The Labute approximate surface area is 154 Å². The predicted molar refractivity (Wildman–Crippen MR) is 101 cm³/mol. The lowest BCUT2D eigenvalue weighted by molar-refractivity contribution is -0.130. The van der Waals surface area contributed by atoms with Crippen LogP contribution >= 0.6 is 0 Å². The summed E-state index contributed by atoms with van der Waals surface area (Å²) in [6, 6.07) is 0. The second-order valence-electron chi connectivity index (χ2n) is 7.11. The van der Waals surface area contributed by atoms with E-state index >= 15 is 0 Å². The molecule has 0 spiro atoms. The van der Waals surface area contributed by atoms with Crippen molar-refractivity contribution in [2.75, 3.05) is 25.5 Å². The maximum atomic E-state index is 12.7. The van der Waals surface area contributed by atoms with Gasteiger partial charge in [0.1, 0.15) is 5.82 Å². The van der Waals surface area contributed by atoms with Gasteiger partial charge in [-0.1, -0.05) is 0 Å². The molecule has 3 rings (SSSR count). The number of H-pyrrole nitrogens is 1. The van der Waals surface area contributed by atoms with Crippen molar-refractivity contribution in [2.45, 2.75) is 46.0 Å². The number of carbonyl (C=O) groups excluding carboxylic acids is 1. The highest BCUT2D eigenvalue weighted by Gasteiger charge is 2.22. The molecule has 0 radical (unpaired) electrons. The lowest BCUT2D eigenvalue weighted by atomic mass is 9.95. The predicted octanol–water partition coefficient (Wildman–Crippen LogP) is 2.27. The maximum Gasteiger partial charge on any atom is 0.227 e. The first-order valence-corrected chi connectivity index (χ1v) is 9.33. The molecule has 2 N–H and O–H groups in total. The highest BCUT2D eigenvalue weighted by atomic mass is 16.2. The van der Waals surface area contributed by atoms with Gasteiger partial charge < -0.3 is 10.2 Å². The van der Waals surface area contributed by atoms with Gasteiger partial charge in [-0.3, -0.25) is 14.9 Å². The molecule has 0 unspecified atom stereocenters. The Bertz CT molecular complexity index is 719. The summed E-state index contributed by atoms with van der Waals surface area (Å²) in [7, 11) is 1.84. The SMILES string of the molecule is CNc1cnc(C[C@H]2CCCN(C(=O)Cc3c(C)n[nH]c3C)CC2)cn1. The quantitative estimate of drug-likeness (QED) is 0.858. The molecule has 1 saturated heterocycles. The Morgan fingerprint density at radius 3 is 2.77 bits per heavy atom. The summed E-state index contributed by atoms with van der Waals surface area (Å²) in [6.45, 7) is 5.59. The van der Waals surface area contributed by atoms with Crippen LogP contribution in [0.15, 0.2) is 12.4 Å². The third-order valence-corrected chi connectivity index (χ3v) is 5.27. The molecule has 3 heterocycles. The van der Waals surface area contributed by atoms with E-state index in [4.69, 9.17) is 0 Å². The van der Waals surface area contributed by atoms with Gasteiger partial charge in [0.25, 0.3) is 0 Å². The lowest BCUT2D eigenvalue weighted by Gasteiger charge is -2.21. The zero-order valence-electron chi connectivity index (χ0n) is 15.9. The molecule has 7 heteroatoms. The average molecular weight is 356 g/mol. The standard InChI is InChI=1S/C19H28N6O/c1-13-17(14(2)24-23-13)10-19(26)25-7-4-5-15(6-8-25)9-16-11-22-18(20-3)12-21-16/h11-12,15H,4-10H2,1-3H3,(H,20,22)(H,23,24)/t15-/m0/s1. The van der Waals surface area contributed by atoms with Crippen LogP contribution in [0.5, 0.6) is 0 Å². The molecule has 0 aromatic carbocycles. The number of likely N-dealkylation sites (tertiary alicyclic amines) is 1. The van der Waals surface area contributed by atoms with Crippen LogP contribution in [0.3, 0.4) is 0 Å². The minimum absolute atomic E-state index is 0.205. The Morgan fingerprint density at radius 2 is 2.12 bits per heavy atom. The second kappa shape index (κ2) is 8.29. The number of hydrogen-bond acceptors (Lipinski definition) is 5. The van der Waals surface area contributed by atoms with Gasteiger partial charge in [-0.2, -0.15) is 5.10 Å². The molecule has 1 fully saturated rings. The van der Waals surface area contributed by atoms with E-state index in [0.717, 1.165) is 67.2 Å². The number of carbonyl (C=O) groups is 1. The summed E-state index contributed by atoms with van der Waals surface area (Å²) >= 11 is 0. The van der Waals surface area contributed by atoms with Crippen LogP contribution in [0.25, 0.3) is 0 Å². The van der Waals surface area contributed by atoms with Gasteiger partial charge in [-0.05, 0) is 45.4 Å². The first-order chi connectivity index (χ1) is 12.6. The molecule has 2 aromatic rings. The molecule has 1 aliphatic heterocycles. The van der Waals surface area contributed by atoms with Crippen molar-refractivity contribution in [3.63, 3.8) is 0 Å². The van der Waals surface area contributed by atoms with Crippen LogP contribution in [0, 0.1) is 19.8 Å². The van der Waals surface area contributed by atoms with Crippen molar-refractivity contribution in [1.29, 1.82) is 0 Å². The molecular formula is C19H28N6O. The van der Waals surface area contributed by atoms with E-state index in [-0.39, 0.29) is 5.91 Å². The molecule has 2 aromatic heterocycles. The lowest BCUT2D eigenvalue weighted by Crippen LogP contribution is -2.33. The Balaban J connectivity index is 1.54. The first kappa shape index (κ1) is 18.4. The van der Waals surface area contributed by atoms with E-state index in [9.17, 15) is 4.79 Å². The molecular weight excluding hydrogens is 328 g/mol. The van der Waals surface area contributed by atoms with E-state index in [0.29, 0.717) is 12.3 Å². The first-order valence-electron chi connectivity index (χ1n) is 9.33. The molecule has 1 amide bonds. The normalized spacial score (nSPS) is 17.8. The molecule has 1 aliphatic rings. The second-order valence-corrected chi connectivity index (χ2v) is 7.11. The summed E-state index contributed by atoms with van der Waals surface area (Å²) in [5.74, 6) is 1.55. The van der Waals surface area contributed by atoms with Crippen molar-refractivity contribution in [3.8, 4) is 0 Å². The molecule has 1 atom stereocenters. The van der Waals surface area contributed by atoms with Crippen LogP contribution in [-0.4, -0.2) is 51.1 Å². The zero-order valence-corrected chi connectivity index (χ0v) is 15.9. The number of hydrogen-bond donors (Lipinski definition) is 2. The number of nitrogens with one attached hydrogen (secondary N) is 2. The van der Waals surface area contributed by atoms with Gasteiger partial charge in [0.2, 0.25) is 5.91 Å². The highest BCUT2D eigenvalue weighted by Crippen LogP contribution is 2.22. The van der Waals surface area contributed by atoms with Gasteiger partial charge in [0, 0.05) is 31.4 Å². The molecule has 140 valence electrons. The monoisotopic (exact) mass is 356 g/mol. The summed E-state index contributed by atoms with van der Waals surface area (Å²) in [4.78, 5) is 23.6. The van der Waals surface area contributed by atoms with Gasteiger partial charge in [0.05, 0.1) is 30.2 Å². The highest BCUT2D eigenvalue weighted by molar-refractivity contribution is 5.79. The van der Waals surface area contributed by atoms with E-state index in [1.807, 2.05) is 32.0 Å². The third kappa shape index (κ3) is 4.39. The van der Waals surface area contributed by atoms with Crippen molar-refractivity contribution in [3.05, 3.63) is 35.0 Å². The van der Waals surface area contributed by atoms with Gasteiger partial charge in [-0.15, -0.1) is 0 Å². The summed E-state index contributed by atoms with van der Waals surface area (Å²) < 4.78 is 0.